The van der Waals surface area contributed by atoms with Crippen molar-refractivity contribution < 1.29 is 4.79 Å². The van der Waals surface area contributed by atoms with Crippen molar-refractivity contribution in [3.63, 3.8) is 0 Å². The molecule has 0 radical (unpaired) electrons. The van der Waals surface area contributed by atoms with Crippen molar-refractivity contribution in [3.8, 4) is 0 Å². The molecule has 0 heterocycles. The van der Waals surface area contributed by atoms with E-state index in [1.807, 2.05) is 42.5 Å². The standard InChI is InChI=1S/C22H31NO/c1-2-3-4-5-6-7-8-9-12-18-23-22(24)21-17-13-15-19-14-10-11-16-20(19)21/h10-11,13-17H,2-9,12,18H2,1H3,(H,23,24). The summed E-state index contributed by atoms with van der Waals surface area (Å²) in [6.07, 6.45) is 11.7. The third-order valence-corrected chi connectivity index (χ3v) is 4.60. The molecular formula is C22H31NO. The van der Waals surface area contributed by atoms with Gasteiger partial charge in [-0.1, -0.05) is 94.7 Å². The molecule has 0 saturated heterocycles. The molecule has 130 valence electrons. The molecule has 0 aliphatic rings. The van der Waals surface area contributed by atoms with Gasteiger partial charge in [0.05, 0.1) is 0 Å². The van der Waals surface area contributed by atoms with Crippen molar-refractivity contribution in [2.45, 2.75) is 64.7 Å². The van der Waals surface area contributed by atoms with Gasteiger partial charge in [-0.05, 0) is 23.3 Å². The van der Waals surface area contributed by atoms with Gasteiger partial charge in [0.2, 0.25) is 0 Å². The number of hydrogen-bond donors (Lipinski definition) is 1. The van der Waals surface area contributed by atoms with E-state index in [1.54, 1.807) is 0 Å². The monoisotopic (exact) mass is 325 g/mol. The lowest BCUT2D eigenvalue weighted by molar-refractivity contribution is 0.0954. The molecular weight excluding hydrogens is 294 g/mol. The maximum atomic E-state index is 12.4. The lowest BCUT2D eigenvalue weighted by atomic mass is 10.0. The molecule has 2 aromatic rings. The average molecular weight is 325 g/mol. The van der Waals surface area contributed by atoms with E-state index in [2.05, 4.69) is 12.2 Å². The minimum atomic E-state index is 0.0476. The molecule has 2 aromatic carbocycles. The molecule has 0 aromatic heterocycles. The Balaban J connectivity index is 1.63. The SMILES string of the molecule is CCCCCCCCCCCNC(=O)c1cccc2ccccc12. The van der Waals surface area contributed by atoms with Crippen molar-refractivity contribution >= 4 is 16.7 Å². The van der Waals surface area contributed by atoms with E-state index in [0.29, 0.717) is 0 Å². The summed E-state index contributed by atoms with van der Waals surface area (Å²) in [5, 5.41) is 5.22. The fraction of sp³-hybridized carbons (Fsp3) is 0.500. The maximum Gasteiger partial charge on any atom is 0.251 e. The second-order valence-corrected chi connectivity index (χ2v) is 6.61. The van der Waals surface area contributed by atoms with E-state index >= 15 is 0 Å². The highest BCUT2D eigenvalue weighted by Crippen LogP contribution is 2.18. The van der Waals surface area contributed by atoms with Crippen LogP contribution in [0.15, 0.2) is 42.5 Å². The number of carbonyl (C=O) groups excluding carboxylic acids is 1. The van der Waals surface area contributed by atoms with Crippen LogP contribution >= 0.6 is 0 Å². The Morgan fingerprint density at radius 3 is 2.17 bits per heavy atom. The van der Waals surface area contributed by atoms with Gasteiger partial charge in [-0.25, -0.2) is 0 Å². The van der Waals surface area contributed by atoms with E-state index in [9.17, 15) is 4.79 Å². The lowest BCUT2D eigenvalue weighted by Gasteiger charge is -2.08. The first-order valence-corrected chi connectivity index (χ1v) is 9.59. The van der Waals surface area contributed by atoms with Crippen LogP contribution in [-0.2, 0) is 0 Å². The summed E-state index contributed by atoms with van der Waals surface area (Å²) < 4.78 is 0. The number of nitrogens with one attached hydrogen (secondary N) is 1. The quantitative estimate of drug-likeness (QED) is 0.497. The van der Waals surface area contributed by atoms with Crippen LogP contribution in [0.25, 0.3) is 10.8 Å². The van der Waals surface area contributed by atoms with E-state index in [4.69, 9.17) is 0 Å². The van der Waals surface area contributed by atoms with Crippen LogP contribution in [-0.4, -0.2) is 12.5 Å². The van der Waals surface area contributed by atoms with Crippen molar-refractivity contribution in [3.05, 3.63) is 48.0 Å². The summed E-state index contributed by atoms with van der Waals surface area (Å²) in [5.74, 6) is 0.0476. The molecule has 0 spiro atoms. The van der Waals surface area contributed by atoms with E-state index in [1.165, 1.54) is 51.4 Å². The highest BCUT2D eigenvalue weighted by Gasteiger charge is 2.08. The van der Waals surface area contributed by atoms with Gasteiger partial charge in [0.15, 0.2) is 0 Å². The van der Waals surface area contributed by atoms with Crippen LogP contribution in [0.1, 0.15) is 75.1 Å². The Morgan fingerprint density at radius 2 is 1.42 bits per heavy atom. The summed E-state index contributed by atoms with van der Waals surface area (Å²) in [5.41, 5.74) is 0.782. The average Bonchev–Trinajstić information content (AvgIpc) is 2.62. The Hall–Kier alpha value is -1.83. The number of fused-ring (bicyclic) bond motifs is 1. The number of carbonyl (C=O) groups is 1. The van der Waals surface area contributed by atoms with Crippen LogP contribution in [0, 0.1) is 0 Å². The van der Waals surface area contributed by atoms with Gasteiger partial charge in [0.25, 0.3) is 5.91 Å². The van der Waals surface area contributed by atoms with Crippen LogP contribution in [0.3, 0.4) is 0 Å². The summed E-state index contributed by atoms with van der Waals surface area (Å²) in [7, 11) is 0. The molecule has 24 heavy (non-hydrogen) atoms. The van der Waals surface area contributed by atoms with Crippen LogP contribution < -0.4 is 5.32 Å². The zero-order valence-corrected chi connectivity index (χ0v) is 15.0. The van der Waals surface area contributed by atoms with Crippen LogP contribution in [0.5, 0.6) is 0 Å². The topological polar surface area (TPSA) is 29.1 Å². The summed E-state index contributed by atoms with van der Waals surface area (Å²) >= 11 is 0. The fourth-order valence-electron chi connectivity index (χ4n) is 3.16. The highest BCUT2D eigenvalue weighted by atomic mass is 16.1. The molecule has 0 aliphatic carbocycles. The summed E-state index contributed by atoms with van der Waals surface area (Å²) in [4.78, 5) is 12.4. The predicted molar refractivity (Wildman–Crippen MR) is 104 cm³/mol. The molecule has 0 fully saturated rings. The normalized spacial score (nSPS) is 10.9. The molecule has 0 bridgehead atoms. The first-order valence-electron chi connectivity index (χ1n) is 9.59. The smallest absolute Gasteiger partial charge is 0.251 e. The third kappa shape index (κ3) is 5.99. The third-order valence-electron chi connectivity index (χ3n) is 4.60. The van der Waals surface area contributed by atoms with Gasteiger partial charge in [-0.2, -0.15) is 0 Å². The Bertz CT molecular complexity index is 615. The van der Waals surface area contributed by atoms with Crippen molar-refractivity contribution in [1.82, 2.24) is 5.32 Å². The molecule has 2 heteroatoms. The molecule has 0 unspecified atom stereocenters. The Labute approximate surface area is 146 Å². The molecule has 1 N–H and O–H groups in total. The zero-order chi connectivity index (χ0) is 17.0. The first kappa shape index (κ1) is 18.5. The van der Waals surface area contributed by atoms with Gasteiger partial charge in [0, 0.05) is 12.1 Å². The minimum Gasteiger partial charge on any atom is -0.352 e. The fourth-order valence-corrected chi connectivity index (χ4v) is 3.16. The molecule has 0 aliphatic heterocycles. The van der Waals surface area contributed by atoms with Crippen molar-refractivity contribution in [2.24, 2.45) is 0 Å². The second-order valence-electron chi connectivity index (χ2n) is 6.61. The Morgan fingerprint density at radius 1 is 0.792 bits per heavy atom. The molecule has 2 nitrogen and oxygen atoms in total. The number of amides is 1. The minimum absolute atomic E-state index is 0.0476. The van der Waals surface area contributed by atoms with Gasteiger partial charge in [0.1, 0.15) is 0 Å². The summed E-state index contributed by atoms with van der Waals surface area (Å²) in [6, 6.07) is 14.0. The Kier molecular flexibility index (Phi) is 8.37. The molecule has 0 saturated carbocycles. The molecule has 0 atom stereocenters. The molecule has 2 rings (SSSR count). The summed E-state index contributed by atoms with van der Waals surface area (Å²) in [6.45, 7) is 3.03. The largest absolute Gasteiger partial charge is 0.352 e. The van der Waals surface area contributed by atoms with Gasteiger partial charge >= 0.3 is 0 Å². The van der Waals surface area contributed by atoms with E-state index < -0.39 is 0 Å². The maximum absolute atomic E-state index is 12.4. The number of benzene rings is 2. The predicted octanol–water partition coefficient (Wildman–Crippen LogP) is 6.10. The van der Waals surface area contributed by atoms with E-state index in [-0.39, 0.29) is 5.91 Å². The lowest BCUT2D eigenvalue weighted by Crippen LogP contribution is -2.24. The van der Waals surface area contributed by atoms with Gasteiger partial charge in [-0.3, -0.25) is 4.79 Å². The van der Waals surface area contributed by atoms with Gasteiger partial charge < -0.3 is 5.32 Å². The van der Waals surface area contributed by atoms with Crippen LogP contribution in [0.4, 0.5) is 0 Å². The van der Waals surface area contributed by atoms with E-state index in [0.717, 1.165) is 29.3 Å². The zero-order valence-electron chi connectivity index (χ0n) is 15.0. The first-order chi connectivity index (χ1) is 11.8. The molecule has 1 amide bonds. The highest BCUT2D eigenvalue weighted by molar-refractivity contribution is 6.06. The number of unbranched alkanes of at least 4 members (excludes halogenated alkanes) is 8. The van der Waals surface area contributed by atoms with Crippen LogP contribution in [0.2, 0.25) is 0 Å². The number of rotatable bonds is 11. The van der Waals surface area contributed by atoms with Crippen molar-refractivity contribution in [1.29, 1.82) is 0 Å². The second kappa shape index (κ2) is 10.9. The van der Waals surface area contributed by atoms with Crippen molar-refractivity contribution in [2.75, 3.05) is 6.54 Å². The number of hydrogen-bond acceptors (Lipinski definition) is 1. The van der Waals surface area contributed by atoms with Gasteiger partial charge in [-0.15, -0.1) is 0 Å².